The van der Waals surface area contributed by atoms with Crippen LogP contribution in [0.1, 0.15) is 39.8 Å². The van der Waals surface area contributed by atoms with Gasteiger partial charge in [-0.05, 0) is 91.7 Å². The Morgan fingerprint density at radius 3 is 2.10 bits per heavy atom. The highest BCUT2D eigenvalue weighted by atomic mass is 15.0. The van der Waals surface area contributed by atoms with Crippen LogP contribution < -0.4 is 0 Å². The summed E-state index contributed by atoms with van der Waals surface area (Å²) >= 11 is 0. The number of allylic oxidation sites excluding steroid dienone is 1. The minimum Gasteiger partial charge on any atom is -0.309 e. The number of rotatable bonds is 8. The van der Waals surface area contributed by atoms with Crippen LogP contribution in [0.3, 0.4) is 0 Å². The van der Waals surface area contributed by atoms with Gasteiger partial charge in [-0.15, -0.1) is 0 Å². The van der Waals surface area contributed by atoms with Gasteiger partial charge in [0.15, 0.2) is 0 Å². The Bertz CT molecular complexity index is 965. The van der Waals surface area contributed by atoms with Gasteiger partial charge < -0.3 is 4.90 Å². The van der Waals surface area contributed by atoms with Crippen LogP contribution >= 0.6 is 0 Å². The second-order valence-electron chi connectivity index (χ2n) is 8.47. The lowest BCUT2D eigenvalue weighted by Gasteiger charge is -2.09. The van der Waals surface area contributed by atoms with Gasteiger partial charge in [-0.3, -0.25) is 0 Å². The van der Waals surface area contributed by atoms with E-state index < -0.39 is 0 Å². The van der Waals surface area contributed by atoms with Crippen LogP contribution in [-0.4, -0.2) is 25.5 Å². The molecule has 0 amide bonds. The summed E-state index contributed by atoms with van der Waals surface area (Å²) in [7, 11) is 4.28. The first-order valence-electron chi connectivity index (χ1n) is 10.8. The molecule has 0 fully saturated rings. The maximum atomic E-state index is 2.39. The van der Waals surface area contributed by atoms with E-state index in [4.69, 9.17) is 0 Å². The normalized spacial score (nSPS) is 12.9. The number of fused-ring (bicyclic) bond motifs is 1. The first-order valence-corrected chi connectivity index (χ1v) is 10.8. The molecule has 3 aromatic rings. The summed E-state index contributed by atoms with van der Waals surface area (Å²) in [5.41, 5.74) is 9.95. The lowest BCUT2D eigenvalue weighted by molar-refractivity contribution is 0.400. The van der Waals surface area contributed by atoms with Crippen LogP contribution in [0.5, 0.6) is 0 Å². The number of hydrogen-bond donors (Lipinski definition) is 0. The molecule has 0 N–H and O–H groups in total. The average molecular weight is 382 g/mol. The first kappa shape index (κ1) is 19.7. The second-order valence-corrected chi connectivity index (χ2v) is 8.47. The Morgan fingerprint density at radius 1 is 0.724 bits per heavy atom. The molecule has 0 unspecified atom stereocenters. The van der Waals surface area contributed by atoms with Crippen LogP contribution in [0, 0.1) is 0 Å². The summed E-state index contributed by atoms with van der Waals surface area (Å²) in [6, 6.07) is 27.0. The summed E-state index contributed by atoms with van der Waals surface area (Å²) in [6.45, 7) is 1.15. The largest absolute Gasteiger partial charge is 0.309 e. The van der Waals surface area contributed by atoms with E-state index in [1.54, 1.807) is 0 Å². The fourth-order valence-corrected chi connectivity index (χ4v) is 4.14. The van der Waals surface area contributed by atoms with Gasteiger partial charge >= 0.3 is 0 Å². The van der Waals surface area contributed by atoms with E-state index in [0.717, 1.165) is 25.8 Å². The van der Waals surface area contributed by atoms with Gasteiger partial charge in [0.1, 0.15) is 0 Å². The van der Waals surface area contributed by atoms with Gasteiger partial charge in [0.2, 0.25) is 0 Å². The molecule has 0 atom stereocenters. The highest BCUT2D eigenvalue weighted by Gasteiger charge is 2.14. The molecule has 3 aromatic carbocycles. The van der Waals surface area contributed by atoms with Crippen LogP contribution in [0.15, 0.2) is 72.8 Å². The molecule has 0 heterocycles. The second kappa shape index (κ2) is 9.24. The van der Waals surface area contributed by atoms with E-state index in [2.05, 4.69) is 97.9 Å². The van der Waals surface area contributed by atoms with E-state index in [0.29, 0.717) is 0 Å². The molecule has 0 spiro atoms. The maximum absolute atomic E-state index is 2.39. The summed E-state index contributed by atoms with van der Waals surface area (Å²) < 4.78 is 0. The quantitative estimate of drug-likeness (QED) is 0.458. The zero-order valence-corrected chi connectivity index (χ0v) is 17.7. The molecule has 4 rings (SSSR count). The zero-order chi connectivity index (χ0) is 20.1. The van der Waals surface area contributed by atoms with E-state index in [9.17, 15) is 0 Å². The monoisotopic (exact) mass is 381 g/mol. The van der Waals surface area contributed by atoms with Crippen molar-refractivity contribution in [3.8, 4) is 0 Å². The smallest absolute Gasteiger partial charge is 0.00137 e. The molecule has 0 saturated heterocycles. The van der Waals surface area contributed by atoms with Crippen molar-refractivity contribution in [1.82, 2.24) is 4.90 Å². The molecular weight excluding hydrogens is 350 g/mol. The molecule has 0 radical (unpaired) electrons. The van der Waals surface area contributed by atoms with E-state index in [1.165, 1.54) is 51.8 Å². The van der Waals surface area contributed by atoms with Gasteiger partial charge in [0.05, 0.1) is 0 Å². The van der Waals surface area contributed by atoms with Crippen molar-refractivity contribution >= 4 is 11.6 Å². The van der Waals surface area contributed by atoms with Crippen molar-refractivity contribution in [3.05, 3.63) is 106 Å². The standard InChI is InChI=1S/C28H31N/c1-29(2)18-6-7-22-10-12-23(13-11-22)14-15-24-16-17-26-20-28(21-27(26)19-24)25-8-4-3-5-9-25/h3-5,8-13,16-17,19,21H,6-7,14-15,18,20H2,1-2H3. The molecule has 0 saturated carbocycles. The van der Waals surface area contributed by atoms with Crippen molar-refractivity contribution in [2.24, 2.45) is 0 Å². The number of nitrogens with zero attached hydrogens (tertiary/aromatic N) is 1. The Labute approximate surface area is 175 Å². The fraction of sp³-hybridized carbons (Fsp3) is 0.286. The van der Waals surface area contributed by atoms with Crippen LogP contribution in [0.2, 0.25) is 0 Å². The topological polar surface area (TPSA) is 3.24 Å². The number of hydrogen-bond acceptors (Lipinski definition) is 1. The maximum Gasteiger partial charge on any atom is -0.00137 e. The van der Waals surface area contributed by atoms with E-state index in [1.807, 2.05) is 0 Å². The Kier molecular flexibility index (Phi) is 6.27. The third-order valence-electron chi connectivity index (χ3n) is 5.86. The lowest BCUT2D eigenvalue weighted by atomic mass is 9.99. The van der Waals surface area contributed by atoms with Gasteiger partial charge in [-0.1, -0.05) is 78.9 Å². The van der Waals surface area contributed by atoms with Gasteiger partial charge in [0.25, 0.3) is 0 Å². The molecule has 1 aliphatic rings. The fourth-order valence-electron chi connectivity index (χ4n) is 4.14. The molecule has 1 aliphatic carbocycles. The van der Waals surface area contributed by atoms with Crippen LogP contribution in [0.4, 0.5) is 0 Å². The Morgan fingerprint density at radius 2 is 1.38 bits per heavy atom. The number of benzene rings is 3. The molecular formula is C28H31N. The molecule has 1 nitrogen and oxygen atoms in total. The predicted molar refractivity (Wildman–Crippen MR) is 125 cm³/mol. The molecule has 1 heteroatoms. The Hall–Kier alpha value is -2.64. The third kappa shape index (κ3) is 5.25. The third-order valence-corrected chi connectivity index (χ3v) is 5.86. The minimum absolute atomic E-state index is 1.05. The minimum atomic E-state index is 1.05. The molecule has 0 aliphatic heterocycles. The first-order chi connectivity index (χ1) is 14.2. The van der Waals surface area contributed by atoms with Gasteiger partial charge in [-0.25, -0.2) is 0 Å². The lowest BCUT2D eigenvalue weighted by Crippen LogP contribution is -2.13. The Balaban J connectivity index is 1.35. The summed E-state index contributed by atoms with van der Waals surface area (Å²) in [5, 5.41) is 0. The van der Waals surface area contributed by atoms with Crippen molar-refractivity contribution in [3.63, 3.8) is 0 Å². The van der Waals surface area contributed by atoms with E-state index in [-0.39, 0.29) is 0 Å². The predicted octanol–water partition coefficient (Wildman–Crippen LogP) is 6.06. The SMILES string of the molecule is CN(C)CCCc1ccc(CCc2ccc3c(c2)C=C(c2ccccc2)C3)cc1. The van der Waals surface area contributed by atoms with Crippen LogP contribution in [-0.2, 0) is 25.7 Å². The highest BCUT2D eigenvalue weighted by Crippen LogP contribution is 2.32. The molecule has 0 bridgehead atoms. The molecule has 148 valence electrons. The molecule has 0 aromatic heterocycles. The van der Waals surface area contributed by atoms with E-state index >= 15 is 0 Å². The van der Waals surface area contributed by atoms with Gasteiger partial charge in [-0.2, -0.15) is 0 Å². The average Bonchev–Trinajstić information content (AvgIpc) is 3.17. The summed E-state index contributed by atoms with van der Waals surface area (Å²) in [4.78, 5) is 2.25. The number of aryl methyl sites for hydroxylation is 3. The van der Waals surface area contributed by atoms with Crippen molar-refractivity contribution in [2.45, 2.75) is 32.1 Å². The van der Waals surface area contributed by atoms with Crippen LogP contribution in [0.25, 0.3) is 11.6 Å². The highest BCUT2D eigenvalue weighted by molar-refractivity contribution is 5.88. The van der Waals surface area contributed by atoms with Crippen molar-refractivity contribution in [1.29, 1.82) is 0 Å². The zero-order valence-electron chi connectivity index (χ0n) is 17.7. The van der Waals surface area contributed by atoms with Crippen molar-refractivity contribution in [2.75, 3.05) is 20.6 Å². The van der Waals surface area contributed by atoms with Gasteiger partial charge in [0, 0.05) is 0 Å². The van der Waals surface area contributed by atoms with Crippen molar-refractivity contribution < 1.29 is 0 Å². The summed E-state index contributed by atoms with van der Waals surface area (Å²) in [5.74, 6) is 0. The molecule has 29 heavy (non-hydrogen) atoms. The summed E-state index contributed by atoms with van der Waals surface area (Å²) in [6.07, 6.45) is 8.01.